The van der Waals surface area contributed by atoms with Crippen LogP contribution < -0.4 is 20.7 Å². The van der Waals surface area contributed by atoms with Crippen molar-refractivity contribution in [3.8, 4) is 28.1 Å². The lowest BCUT2D eigenvalue weighted by atomic mass is 10.0. The number of hydrogen-bond acceptors (Lipinski definition) is 11. The van der Waals surface area contributed by atoms with Gasteiger partial charge in [0.2, 0.25) is 11.8 Å². The molecule has 330 valence electrons. The van der Waals surface area contributed by atoms with Crippen LogP contribution in [0.1, 0.15) is 78.5 Å². The SMILES string of the molecule is COc1cc(-c2nccc(-c3cccc(Nc4ncnc(CN(C[C@@H]5CCC(=O)N5)C(=O)OC(C)(C)C)c4F)c3Cl)c2Cl)ccc1CN(C[C@@H]1CCC(=O)N1)C(=O)OC(C)(C)C. The van der Waals surface area contributed by atoms with Crippen LogP contribution in [0.5, 0.6) is 5.75 Å². The highest BCUT2D eigenvalue weighted by Crippen LogP contribution is 2.42. The zero-order valence-electron chi connectivity index (χ0n) is 35.7. The van der Waals surface area contributed by atoms with Crippen LogP contribution in [0.3, 0.4) is 0 Å². The van der Waals surface area contributed by atoms with Crippen molar-refractivity contribution in [1.29, 1.82) is 0 Å². The van der Waals surface area contributed by atoms with Crippen molar-refractivity contribution in [2.45, 2.75) is 104 Å². The number of anilines is 2. The summed E-state index contributed by atoms with van der Waals surface area (Å²) in [6, 6.07) is 11.8. The van der Waals surface area contributed by atoms with Gasteiger partial charge in [0, 0.05) is 66.5 Å². The minimum Gasteiger partial charge on any atom is -0.496 e. The van der Waals surface area contributed by atoms with E-state index in [0.717, 1.165) is 0 Å². The second-order valence-electron chi connectivity index (χ2n) is 17.2. The molecule has 4 aromatic rings. The number of carbonyl (C=O) groups is 4. The molecule has 6 rings (SSSR count). The van der Waals surface area contributed by atoms with Crippen LogP contribution in [0.2, 0.25) is 10.0 Å². The van der Waals surface area contributed by atoms with E-state index in [-0.39, 0.29) is 71.6 Å². The number of amides is 4. The third-order valence-electron chi connectivity index (χ3n) is 9.91. The van der Waals surface area contributed by atoms with Gasteiger partial charge in [-0.3, -0.25) is 14.6 Å². The Labute approximate surface area is 370 Å². The van der Waals surface area contributed by atoms with Crippen LogP contribution in [0.25, 0.3) is 22.4 Å². The number of methoxy groups -OCH3 is 1. The highest BCUT2D eigenvalue weighted by Gasteiger charge is 2.31. The van der Waals surface area contributed by atoms with Gasteiger partial charge in [-0.25, -0.2) is 23.9 Å². The Morgan fingerprint density at radius 2 is 1.42 bits per heavy atom. The summed E-state index contributed by atoms with van der Waals surface area (Å²) in [6.07, 6.45) is 3.44. The summed E-state index contributed by atoms with van der Waals surface area (Å²) >= 11 is 14.1. The van der Waals surface area contributed by atoms with Gasteiger partial charge in [0.1, 0.15) is 29.0 Å². The number of hydrogen-bond donors (Lipinski definition) is 3. The first kappa shape index (κ1) is 45.8. The molecule has 0 radical (unpaired) electrons. The van der Waals surface area contributed by atoms with Crippen molar-refractivity contribution >= 4 is 58.7 Å². The number of benzene rings is 2. The normalized spacial score (nSPS) is 16.4. The maximum absolute atomic E-state index is 16.2. The Balaban J connectivity index is 1.24. The predicted octanol–water partition coefficient (Wildman–Crippen LogP) is 8.44. The van der Waals surface area contributed by atoms with E-state index in [1.165, 1.54) is 18.3 Å². The molecule has 2 fully saturated rings. The van der Waals surface area contributed by atoms with Crippen LogP contribution in [0.15, 0.2) is 55.0 Å². The van der Waals surface area contributed by atoms with Crippen molar-refractivity contribution in [2.75, 3.05) is 25.5 Å². The van der Waals surface area contributed by atoms with Crippen LogP contribution in [0.4, 0.5) is 25.5 Å². The van der Waals surface area contributed by atoms with Crippen LogP contribution in [-0.4, -0.2) is 92.2 Å². The molecule has 0 saturated carbocycles. The molecule has 0 aliphatic carbocycles. The van der Waals surface area contributed by atoms with E-state index in [1.807, 2.05) is 12.1 Å². The Morgan fingerprint density at radius 1 is 0.823 bits per heavy atom. The van der Waals surface area contributed by atoms with E-state index >= 15 is 4.39 Å². The number of pyridine rings is 1. The largest absolute Gasteiger partial charge is 0.496 e. The van der Waals surface area contributed by atoms with E-state index in [0.29, 0.717) is 65.1 Å². The minimum absolute atomic E-state index is 0.0555. The summed E-state index contributed by atoms with van der Waals surface area (Å²) in [7, 11) is 1.53. The molecule has 18 heteroatoms. The fourth-order valence-electron chi connectivity index (χ4n) is 7.05. The zero-order valence-corrected chi connectivity index (χ0v) is 37.2. The monoisotopic (exact) mass is 892 g/mol. The molecule has 0 bridgehead atoms. The topological polar surface area (TPSA) is 177 Å². The summed E-state index contributed by atoms with van der Waals surface area (Å²) in [5, 5.41) is 9.23. The van der Waals surface area contributed by atoms with Gasteiger partial charge in [-0.1, -0.05) is 47.5 Å². The Hall–Kier alpha value is -5.74. The summed E-state index contributed by atoms with van der Waals surface area (Å²) < 4.78 is 33.3. The zero-order chi connectivity index (χ0) is 44.9. The molecule has 62 heavy (non-hydrogen) atoms. The average Bonchev–Trinajstić information content (AvgIpc) is 3.81. The van der Waals surface area contributed by atoms with E-state index in [2.05, 4.69) is 30.9 Å². The first-order valence-electron chi connectivity index (χ1n) is 20.2. The van der Waals surface area contributed by atoms with Gasteiger partial charge in [-0.05, 0) is 72.6 Å². The lowest BCUT2D eigenvalue weighted by Gasteiger charge is -2.29. The molecule has 2 atom stereocenters. The van der Waals surface area contributed by atoms with Crippen LogP contribution in [0, 0.1) is 5.82 Å². The maximum Gasteiger partial charge on any atom is 0.410 e. The number of carbonyl (C=O) groups excluding carboxylic acids is 4. The Morgan fingerprint density at radius 3 is 1.98 bits per heavy atom. The lowest BCUT2D eigenvalue weighted by Crippen LogP contribution is -2.44. The molecule has 0 spiro atoms. The Kier molecular flexibility index (Phi) is 14.1. The fraction of sp³-hybridized carbons (Fsp3) is 0.432. The maximum atomic E-state index is 16.2. The summed E-state index contributed by atoms with van der Waals surface area (Å²) in [5.41, 5.74) is 1.51. The number of nitrogens with one attached hydrogen (secondary N) is 3. The first-order valence-corrected chi connectivity index (χ1v) is 21.0. The quantitative estimate of drug-likeness (QED) is 0.117. The number of aromatic nitrogens is 3. The van der Waals surface area contributed by atoms with Gasteiger partial charge >= 0.3 is 12.2 Å². The first-order chi connectivity index (χ1) is 29.3. The number of halogens is 3. The third kappa shape index (κ3) is 11.6. The van der Waals surface area contributed by atoms with E-state index in [4.69, 9.17) is 37.4 Å². The summed E-state index contributed by atoms with van der Waals surface area (Å²) in [6.45, 7) is 10.8. The highest BCUT2D eigenvalue weighted by molar-refractivity contribution is 6.39. The molecule has 3 N–H and O–H groups in total. The van der Waals surface area contributed by atoms with Gasteiger partial charge in [-0.15, -0.1) is 0 Å². The van der Waals surface area contributed by atoms with Crippen molar-refractivity contribution in [3.05, 3.63) is 82.1 Å². The second-order valence-corrected chi connectivity index (χ2v) is 17.9. The van der Waals surface area contributed by atoms with Gasteiger partial charge in [0.05, 0.1) is 41.6 Å². The van der Waals surface area contributed by atoms with Crippen LogP contribution in [-0.2, 0) is 32.2 Å². The molecule has 15 nitrogen and oxygen atoms in total. The fourth-order valence-corrected chi connectivity index (χ4v) is 7.65. The lowest BCUT2D eigenvalue weighted by molar-refractivity contribution is -0.120. The molecule has 2 saturated heterocycles. The highest BCUT2D eigenvalue weighted by atomic mass is 35.5. The van der Waals surface area contributed by atoms with E-state index in [1.54, 1.807) is 83.0 Å². The van der Waals surface area contributed by atoms with Gasteiger partial charge in [-0.2, -0.15) is 0 Å². The minimum atomic E-state index is -0.812. The summed E-state index contributed by atoms with van der Waals surface area (Å²) in [5.74, 6) is -0.686. The second kappa shape index (κ2) is 19.1. The molecule has 2 aliphatic rings. The summed E-state index contributed by atoms with van der Waals surface area (Å²) in [4.78, 5) is 66.1. The third-order valence-corrected chi connectivity index (χ3v) is 10.7. The number of ether oxygens (including phenoxy) is 3. The molecular weight excluding hydrogens is 842 g/mol. The standard InChI is InChI=1S/C44H51Cl2FN8O7/c1-43(2,3)61-41(58)54(21-27-13-15-34(56)51-27)20-26-12-11-25(19-33(26)60-7)39-37(46)30(17-18-48-39)29-9-8-10-31(36(29)45)53-40-38(47)32(49-24-50-40)23-55(42(59)62-44(4,5)6)22-28-14-16-35(57)52-28/h8-12,17-19,24,27-28H,13-16,20-23H2,1-7H3,(H,51,56)(H,52,57)(H,49,50,53)/t27-,28-/m0/s1. The van der Waals surface area contributed by atoms with Gasteiger partial charge in [0.15, 0.2) is 11.6 Å². The molecule has 4 heterocycles. The molecule has 2 aromatic carbocycles. The predicted molar refractivity (Wildman–Crippen MR) is 233 cm³/mol. The number of nitrogens with zero attached hydrogens (tertiary/aromatic N) is 5. The molecule has 2 aromatic heterocycles. The average molecular weight is 894 g/mol. The van der Waals surface area contributed by atoms with Gasteiger partial charge < -0.3 is 40.0 Å². The molecule has 0 unspecified atom stereocenters. The number of rotatable bonds is 13. The smallest absolute Gasteiger partial charge is 0.410 e. The molecule has 2 aliphatic heterocycles. The molecular formula is C44H51Cl2FN8O7. The van der Waals surface area contributed by atoms with Crippen molar-refractivity contribution < 1.29 is 37.8 Å². The van der Waals surface area contributed by atoms with Crippen molar-refractivity contribution in [2.24, 2.45) is 0 Å². The van der Waals surface area contributed by atoms with Gasteiger partial charge in [0.25, 0.3) is 0 Å². The molecule has 4 amide bonds. The Bertz CT molecular complexity index is 2340. The van der Waals surface area contributed by atoms with Crippen LogP contribution >= 0.6 is 23.2 Å². The van der Waals surface area contributed by atoms with E-state index in [9.17, 15) is 19.2 Å². The van der Waals surface area contributed by atoms with E-state index < -0.39 is 29.2 Å². The van der Waals surface area contributed by atoms with Crippen molar-refractivity contribution in [3.63, 3.8) is 0 Å². The van der Waals surface area contributed by atoms with Crippen molar-refractivity contribution in [1.82, 2.24) is 35.4 Å².